The van der Waals surface area contributed by atoms with E-state index in [0.29, 0.717) is 16.8 Å². The number of benzene rings is 1. The first-order valence-corrected chi connectivity index (χ1v) is 8.03. The van der Waals surface area contributed by atoms with Gasteiger partial charge >= 0.3 is 0 Å². The number of halogens is 1. The maximum absolute atomic E-state index is 10.0. The molecule has 1 aromatic carbocycles. The van der Waals surface area contributed by atoms with Gasteiger partial charge in [-0.2, -0.15) is 0 Å². The molecule has 2 fully saturated rings. The lowest BCUT2D eigenvalue weighted by molar-refractivity contribution is 0.191. The third-order valence-corrected chi connectivity index (χ3v) is 4.76. The lowest BCUT2D eigenvalue weighted by Gasteiger charge is -2.30. The SMILES string of the molecule is Oc1cccc(Cl)c1CN(CC1CCCNC1)C1CC1. The van der Waals surface area contributed by atoms with Crippen LogP contribution in [0.2, 0.25) is 5.02 Å². The molecule has 3 rings (SSSR count). The molecule has 1 unspecified atom stereocenters. The van der Waals surface area contributed by atoms with Crippen LogP contribution in [0.1, 0.15) is 31.2 Å². The fraction of sp³-hybridized carbons (Fsp3) is 0.625. The van der Waals surface area contributed by atoms with Crippen LogP contribution in [-0.2, 0) is 6.54 Å². The molecule has 0 bridgehead atoms. The Bertz CT molecular complexity index is 436. The topological polar surface area (TPSA) is 35.5 Å². The summed E-state index contributed by atoms with van der Waals surface area (Å²) in [5.74, 6) is 1.05. The summed E-state index contributed by atoms with van der Waals surface area (Å²) < 4.78 is 0. The summed E-state index contributed by atoms with van der Waals surface area (Å²) >= 11 is 6.24. The molecule has 0 spiro atoms. The summed E-state index contributed by atoms with van der Waals surface area (Å²) in [4.78, 5) is 2.51. The third kappa shape index (κ3) is 3.46. The normalized spacial score (nSPS) is 23.2. The number of phenolic OH excluding ortho intramolecular Hbond substituents is 1. The number of phenols is 1. The van der Waals surface area contributed by atoms with Gasteiger partial charge in [-0.15, -0.1) is 0 Å². The Morgan fingerprint density at radius 1 is 1.30 bits per heavy atom. The van der Waals surface area contributed by atoms with E-state index < -0.39 is 0 Å². The molecule has 0 amide bonds. The Hall–Kier alpha value is -0.770. The van der Waals surface area contributed by atoms with Gasteiger partial charge in [-0.05, 0) is 56.8 Å². The Balaban J connectivity index is 1.68. The highest BCUT2D eigenvalue weighted by molar-refractivity contribution is 6.31. The average molecular weight is 295 g/mol. The summed E-state index contributed by atoms with van der Waals surface area (Å²) in [6, 6.07) is 6.08. The van der Waals surface area contributed by atoms with Crippen LogP contribution in [-0.4, -0.2) is 35.7 Å². The number of hydrogen-bond acceptors (Lipinski definition) is 3. The molecule has 1 saturated heterocycles. The largest absolute Gasteiger partial charge is 0.508 e. The van der Waals surface area contributed by atoms with E-state index in [4.69, 9.17) is 11.6 Å². The van der Waals surface area contributed by atoms with E-state index in [1.807, 2.05) is 6.07 Å². The molecule has 2 aliphatic rings. The molecule has 2 N–H and O–H groups in total. The molecule has 1 aromatic rings. The van der Waals surface area contributed by atoms with E-state index in [1.54, 1.807) is 12.1 Å². The zero-order valence-electron chi connectivity index (χ0n) is 11.8. The predicted octanol–water partition coefficient (Wildman–Crippen LogP) is 3.01. The minimum Gasteiger partial charge on any atom is -0.508 e. The van der Waals surface area contributed by atoms with Crippen molar-refractivity contribution in [2.75, 3.05) is 19.6 Å². The predicted molar refractivity (Wildman–Crippen MR) is 82.1 cm³/mol. The van der Waals surface area contributed by atoms with Crippen molar-refractivity contribution in [2.45, 2.75) is 38.3 Å². The summed E-state index contributed by atoms with van der Waals surface area (Å²) in [5.41, 5.74) is 0.879. The first-order valence-electron chi connectivity index (χ1n) is 7.65. The minimum atomic E-state index is 0.324. The van der Waals surface area contributed by atoms with Crippen molar-refractivity contribution >= 4 is 11.6 Å². The van der Waals surface area contributed by atoms with Crippen molar-refractivity contribution in [3.05, 3.63) is 28.8 Å². The molecule has 0 radical (unpaired) electrons. The standard InChI is InChI=1S/C16H23ClN2O/c17-15-4-1-5-16(20)14(15)11-19(13-6-7-13)10-12-3-2-8-18-9-12/h1,4-5,12-13,18,20H,2-3,6-11H2. The molecule has 1 atom stereocenters. The van der Waals surface area contributed by atoms with Crippen molar-refractivity contribution in [3.63, 3.8) is 0 Å². The summed E-state index contributed by atoms with van der Waals surface area (Å²) in [6.07, 6.45) is 5.15. The van der Waals surface area contributed by atoms with E-state index in [-0.39, 0.29) is 0 Å². The van der Waals surface area contributed by atoms with Gasteiger partial charge in [0.05, 0.1) is 0 Å². The second kappa shape index (κ2) is 6.33. The van der Waals surface area contributed by atoms with Gasteiger partial charge in [0.15, 0.2) is 0 Å². The monoisotopic (exact) mass is 294 g/mol. The zero-order chi connectivity index (χ0) is 13.9. The van der Waals surface area contributed by atoms with Gasteiger partial charge in [0.1, 0.15) is 5.75 Å². The first-order chi connectivity index (χ1) is 9.74. The lowest BCUT2D eigenvalue weighted by atomic mass is 9.98. The van der Waals surface area contributed by atoms with Crippen LogP contribution >= 0.6 is 11.6 Å². The Kier molecular flexibility index (Phi) is 4.49. The maximum Gasteiger partial charge on any atom is 0.121 e. The molecule has 20 heavy (non-hydrogen) atoms. The molecule has 1 aliphatic carbocycles. The highest BCUT2D eigenvalue weighted by Gasteiger charge is 2.31. The van der Waals surface area contributed by atoms with Crippen molar-refractivity contribution in [2.24, 2.45) is 5.92 Å². The van der Waals surface area contributed by atoms with Crippen molar-refractivity contribution in [1.29, 1.82) is 0 Å². The number of rotatable bonds is 5. The number of nitrogens with one attached hydrogen (secondary N) is 1. The molecule has 1 saturated carbocycles. The number of piperidine rings is 1. The van der Waals surface area contributed by atoms with Crippen LogP contribution in [0.15, 0.2) is 18.2 Å². The van der Waals surface area contributed by atoms with E-state index in [9.17, 15) is 5.11 Å². The number of aromatic hydroxyl groups is 1. The van der Waals surface area contributed by atoms with Gasteiger partial charge in [-0.3, -0.25) is 4.90 Å². The van der Waals surface area contributed by atoms with Gasteiger partial charge in [-0.1, -0.05) is 17.7 Å². The van der Waals surface area contributed by atoms with Crippen molar-refractivity contribution < 1.29 is 5.11 Å². The molecule has 4 heteroatoms. The van der Waals surface area contributed by atoms with Gasteiger partial charge in [-0.25, -0.2) is 0 Å². The van der Waals surface area contributed by atoms with Crippen LogP contribution in [0.25, 0.3) is 0 Å². The van der Waals surface area contributed by atoms with Gasteiger partial charge in [0.2, 0.25) is 0 Å². The van der Waals surface area contributed by atoms with Crippen LogP contribution < -0.4 is 5.32 Å². The minimum absolute atomic E-state index is 0.324. The molecule has 1 aliphatic heterocycles. The number of hydrogen-bond donors (Lipinski definition) is 2. The summed E-state index contributed by atoms with van der Waals surface area (Å²) in [6.45, 7) is 4.16. The van der Waals surface area contributed by atoms with Crippen LogP contribution in [0, 0.1) is 5.92 Å². The maximum atomic E-state index is 10.0. The summed E-state index contributed by atoms with van der Waals surface area (Å²) in [5, 5.41) is 14.2. The van der Waals surface area contributed by atoms with Crippen LogP contribution in [0.3, 0.4) is 0 Å². The molecule has 110 valence electrons. The quantitative estimate of drug-likeness (QED) is 0.876. The fourth-order valence-corrected chi connectivity index (χ4v) is 3.33. The van der Waals surface area contributed by atoms with Gasteiger partial charge in [0, 0.05) is 29.7 Å². The summed E-state index contributed by atoms with van der Waals surface area (Å²) in [7, 11) is 0. The molecule has 0 aromatic heterocycles. The van der Waals surface area contributed by atoms with Gasteiger partial charge in [0.25, 0.3) is 0 Å². The molecular weight excluding hydrogens is 272 g/mol. The smallest absolute Gasteiger partial charge is 0.121 e. The second-order valence-electron chi connectivity index (χ2n) is 6.11. The Labute approximate surface area is 125 Å². The van der Waals surface area contributed by atoms with E-state index >= 15 is 0 Å². The van der Waals surface area contributed by atoms with Gasteiger partial charge < -0.3 is 10.4 Å². The third-order valence-electron chi connectivity index (χ3n) is 4.41. The lowest BCUT2D eigenvalue weighted by Crippen LogP contribution is -2.39. The highest BCUT2D eigenvalue weighted by Crippen LogP contribution is 2.33. The van der Waals surface area contributed by atoms with Crippen LogP contribution in [0.4, 0.5) is 0 Å². The van der Waals surface area contributed by atoms with E-state index in [1.165, 1.54) is 25.7 Å². The second-order valence-corrected chi connectivity index (χ2v) is 6.52. The highest BCUT2D eigenvalue weighted by atomic mass is 35.5. The number of nitrogens with zero attached hydrogens (tertiary/aromatic N) is 1. The average Bonchev–Trinajstić information content (AvgIpc) is 3.27. The van der Waals surface area contributed by atoms with E-state index in [0.717, 1.165) is 37.7 Å². The van der Waals surface area contributed by atoms with Crippen molar-refractivity contribution in [1.82, 2.24) is 10.2 Å². The fourth-order valence-electron chi connectivity index (χ4n) is 3.10. The van der Waals surface area contributed by atoms with E-state index in [2.05, 4.69) is 10.2 Å². The first kappa shape index (κ1) is 14.2. The Morgan fingerprint density at radius 2 is 2.15 bits per heavy atom. The van der Waals surface area contributed by atoms with Crippen molar-refractivity contribution in [3.8, 4) is 5.75 Å². The Morgan fingerprint density at radius 3 is 2.80 bits per heavy atom. The zero-order valence-corrected chi connectivity index (χ0v) is 12.6. The molecule has 1 heterocycles. The van der Waals surface area contributed by atoms with Crippen LogP contribution in [0.5, 0.6) is 5.75 Å². The molecular formula is C16H23ClN2O. The molecule has 3 nitrogen and oxygen atoms in total.